The Labute approximate surface area is 209 Å². The molecule has 0 aromatic heterocycles. The predicted octanol–water partition coefficient (Wildman–Crippen LogP) is 4.77. The maximum atomic E-state index is 13.2. The van der Waals surface area contributed by atoms with Crippen molar-refractivity contribution in [1.29, 1.82) is 0 Å². The molecule has 0 aliphatic carbocycles. The van der Waals surface area contributed by atoms with Gasteiger partial charge in [0.05, 0.1) is 35.4 Å². The summed E-state index contributed by atoms with van der Waals surface area (Å²) in [7, 11) is 5.15. The molecule has 0 saturated carbocycles. The number of rotatable bonds is 8. The molecule has 1 amide bonds. The number of ether oxygens (including phenoxy) is 2. The quantitative estimate of drug-likeness (QED) is 0.315. The second-order valence-corrected chi connectivity index (χ2v) is 9.35. The molecular formula is C25H28Cl2N2O5. The van der Waals surface area contributed by atoms with Crippen molar-refractivity contribution >= 4 is 40.7 Å². The molecule has 1 N–H and O–H groups in total. The number of amides is 1. The minimum Gasteiger partial charge on any atom is -0.507 e. The number of aliphatic hydroxyl groups is 1. The normalized spacial score (nSPS) is 17.7. The molecule has 1 aliphatic rings. The van der Waals surface area contributed by atoms with Gasteiger partial charge in [0.25, 0.3) is 11.7 Å². The molecule has 1 fully saturated rings. The number of carbonyl (C=O) groups excluding carboxylic acids is 2. The number of hydrogen-bond donors (Lipinski definition) is 1. The van der Waals surface area contributed by atoms with Gasteiger partial charge in [0.15, 0.2) is 0 Å². The van der Waals surface area contributed by atoms with E-state index in [2.05, 4.69) is 0 Å². The fraction of sp³-hybridized carbons (Fsp3) is 0.360. The van der Waals surface area contributed by atoms with Crippen molar-refractivity contribution in [2.75, 3.05) is 34.3 Å². The van der Waals surface area contributed by atoms with E-state index >= 15 is 0 Å². The molecule has 1 aliphatic heterocycles. The molecule has 0 spiro atoms. The molecule has 7 nitrogen and oxygen atoms in total. The van der Waals surface area contributed by atoms with Gasteiger partial charge >= 0.3 is 0 Å². The average molecular weight is 507 g/mol. The zero-order valence-corrected chi connectivity index (χ0v) is 21.3. The van der Waals surface area contributed by atoms with E-state index in [0.29, 0.717) is 17.9 Å². The predicted molar refractivity (Wildman–Crippen MR) is 133 cm³/mol. The number of carbonyl (C=O) groups is 2. The largest absolute Gasteiger partial charge is 0.507 e. The number of likely N-dealkylation sites (N-methyl/N-ethyl adjacent to an activating group) is 1. The monoisotopic (exact) mass is 506 g/mol. The molecule has 34 heavy (non-hydrogen) atoms. The van der Waals surface area contributed by atoms with Gasteiger partial charge in [0.1, 0.15) is 17.3 Å². The van der Waals surface area contributed by atoms with E-state index in [1.54, 1.807) is 24.3 Å². The van der Waals surface area contributed by atoms with E-state index < -0.39 is 23.5 Å². The molecule has 182 valence electrons. The van der Waals surface area contributed by atoms with Gasteiger partial charge in [0, 0.05) is 18.1 Å². The van der Waals surface area contributed by atoms with Crippen LogP contribution in [0.3, 0.4) is 0 Å². The van der Waals surface area contributed by atoms with Crippen LogP contribution in [-0.2, 0) is 9.59 Å². The number of halogens is 2. The summed E-state index contributed by atoms with van der Waals surface area (Å²) in [4.78, 5) is 29.7. The molecule has 1 atom stereocenters. The summed E-state index contributed by atoms with van der Waals surface area (Å²) in [6.45, 7) is 4.62. The van der Waals surface area contributed by atoms with Crippen LogP contribution in [0.5, 0.6) is 11.5 Å². The summed E-state index contributed by atoms with van der Waals surface area (Å²) in [5.41, 5.74) is 0.692. The van der Waals surface area contributed by atoms with Crippen LogP contribution >= 0.6 is 23.2 Å². The van der Waals surface area contributed by atoms with Crippen LogP contribution in [0.25, 0.3) is 5.76 Å². The smallest absolute Gasteiger partial charge is 0.295 e. The van der Waals surface area contributed by atoms with Crippen LogP contribution < -0.4 is 9.47 Å². The van der Waals surface area contributed by atoms with Crippen molar-refractivity contribution in [3.63, 3.8) is 0 Å². The Balaban J connectivity index is 2.24. The minimum atomic E-state index is -0.835. The van der Waals surface area contributed by atoms with Crippen molar-refractivity contribution in [2.45, 2.75) is 26.0 Å². The highest BCUT2D eigenvalue weighted by Gasteiger charge is 2.46. The third-order valence-electron chi connectivity index (χ3n) is 5.34. The van der Waals surface area contributed by atoms with Crippen molar-refractivity contribution in [1.82, 2.24) is 9.80 Å². The molecule has 2 aromatic rings. The molecule has 2 aromatic carbocycles. The summed E-state index contributed by atoms with van der Waals surface area (Å²) < 4.78 is 11.2. The van der Waals surface area contributed by atoms with E-state index in [-0.39, 0.29) is 39.6 Å². The van der Waals surface area contributed by atoms with Gasteiger partial charge in [-0.25, -0.2) is 0 Å². The summed E-state index contributed by atoms with van der Waals surface area (Å²) in [6.07, 6.45) is -0.0618. The van der Waals surface area contributed by atoms with Gasteiger partial charge in [0.2, 0.25) is 0 Å². The summed E-state index contributed by atoms with van der Waals surface area (Å²) in [5, 5.41) is 11.8. The first kappa shape index (κ1) is 25.9. The van der Waals surface area contributed by atoms with Crippen LogP contribution in [-0.4, -0.2) is 67.0 Å². The van der Waals surface area contributed by atoms with Crippen LogP contribution in [0.4, 0.5) is 0 Å². The molecule has 0 radical (unpaired) electrons. The Kier molecular flexibility index (Phi) is 8.13. The number of aliphatic hydroxyl groups excluding tert-OH is 1. The second-order valence-electron chi connectivity index (χ2n) is 8.50. The summed E-state index contributed by atoms with van der Waals surface area (Å²) in [6, 6.07) is 9.24. The third kappa shape index (κ3) is 5.32. The minimum absolute atomic E-state index is 0.0618. The first-order valence-electron chi connectivity index (χ1n) is 10.8. The number of hydrogen-bond acceptors (Lipinski definition) is 6. The molecule has 3 rings (SSSR count). The SMILES string of the molecule is COc1c(Cl)cc(Cl)cc1/C(O)=C1\C(=O)C(=O)N(CCN(C)C)C1c1cccc(OC(C)C)c1. The molecule has 9 heteroatoms. The molecule has 1 saturated heterocycles. The van der Waals surface area contributed by atoms with Crippen molar-refractivity contribution in [3.05, 3.63) is 63.1 Å². The van der Waals surface area contributed by atoms with Gasteiger partial charge in [-0.2, -0.15) is 0 Å². The van der Waals surface area contributed by atoms with Gasteiger partial charge in [-0.05, 0) is 57.8 Å². The third-order valence-corrected chi connectivity index (χ3v) is 5.84. The zero-order chi connectivity index (χ0) is 25.2. The lowest BCUT2D eigenvalue weighted by Gasteiger charge is -2.27. The standard InChI is InChI=1S/C25H28Cl2N2O5/c1-14(2)34-17-8-6-7-15(11-17)21-20(23(31)25(32)29(21)10-9-28(3)4)22(30)18-12-16(26)13-19(27)24(18)33-5/h6-8,11-14,21,30H,9-10H2,1-5H3/b22-20+. The maximum Gasteiger partial charge on any atom is 0.295 e. The highest BCUT2D eigenvalue weighted by molar-refractivity contribution is 6.46. The lowest BCUT2D eigenvalue weighted by Crippen LogP contribution is -2.35. The fourth-order valence-electron chi connectivity index (χ4n) is 3.88. The van der Waals surface area contributed by atoms with Gasteiger partial charge in [-0.15, -0.1) is 0 Å². The maximum absolute atomic E-state index is 13.2. The Morgan fingerprint density at radius 3 is 2.50 bits per heavy atom. The molecule has 0 bridgehead atoms. The lowest BCUT2D eigenvalue weighted by atomic mass is 9.94. The van der Waals surface area contributed by atoms with Crippen molar-refractivity contribution in [3.8, 4) is 11.5 Å². The molecule has 1 heterocycles. The van der Waals surface area contributed by atoms with Crippen LogP contribution in [0.1, 0.15) is 31.0 Å². The van der Waals surface area contributed by atoms with Gasteiger partial charge in [-0.1, -0.05) is 35.3 Å². The second kappa shape index (κ2) is 10.7. The number of ketones is 1. The van der Waals surface area contributed by atoms with E-state index in [1.807, 2.05) is 32.8 Å². The number of likely N-dealkylation sites (tertiary alicyclic amines) is 1. The fourth-order valence-corrected chi connectivity index (χ4v) is 4.45. The Hall–Kier alpha value is -2.74. The Bertz CT molecular complexity index is 1130. The average Bonchev–Trinajstić information content (AvgIpc) is 3.01. The molecule has 1 unspecified atom stereocenters. The van der Waals surface area contributed by atoms with Gasteiger partial charge in [-0.3, -0.25) is 9.59 Å². The highest BCUT2D eigenvalue weighted by atomic mass is 35.5. The van der Waals surface area contributed by atoms with E-state index in [1.165, 1.54) is 24.1 Å². The van der Waals surface area contributed by atoms with Crippen molar-refractivity contribution < 1.29 is 24.2 Å². The zero-order valence-electron chi connectivity index (χ0n) is 19.8. The number of Topliss-reactive ketones (excluding diaryl/α,β-unsaturated/α-hetero) is 1. The Morgan fingerprint density at radius 1 is 1.18 bits per heavy atom. The van der Waals surface area contributed by atoms with E-state index in [0.717, 1.165) is 0 Å². The number of benzene rings is 2. The van der Waals surface area contributed by atoms with Crippen LogP contribution in [0.15, 0.2) is 42.0 Å². The Morgan fingerprint density at radius 2 is 1.88 bits per heavy atom. The summed E-state index contributed by atoms with van der Waals surface area (Å²) in [5.74, 6) is -1.16. The van der Waals surface area contributed by atoms with Gasteiger partial charge < -0.3 is 24.4 Å². The number of nitrogens with zero attached hydrogens (tertiary/aromatic N) is 2. The lowest BCUT2D eigenvalue weighted by molar-refractivity contribution is -0.140. The molecular weight excluding hydrogens is 479 g/mol. The van der Waals surface area contributed by atoms with Crippen LogP contribution in [0, 0.1) is 0 Å². The highest BCUT2D eigenvalue weighted by Crippen LogP contribution is 2.43. The first-order chi connectivity index (χ1) is 16.0. The first-order valence-corrected chi connectivity index (χ1v) is 11.5. The topological polar surface area (TPSA) is 79.3 Å². The van der Waals surface area contributed by atoms with E-state index in [4.69, 9.17) is 32.7 Å². The van der Waals surface area contributed by atoms with Crippen molar-refractivity contribution in [2.24, 2.45) is 0 Å². The van der Waals surface area contributed by atoms with E-state index in [9.17, 15) is 14.7 Å². The van der Waals surface area contributed by atoms with Crippen LogP contribution in [0.2, 0.25) is 10.0 Å². The number of methoxy groups -OCH3 is 1. The summed E-state index contributed by atoms with van der Waals surface area (Å²) >= 11 is 12.4.